The molecule has 0 amide bonds. The van der Waals surface area contributed by atoms with Crippen molar-refractivity contribution in [3.05, 3.63) is 11.9 Å². The monoisotopic (exact) mass is 209 g/mol. The molecule has 1 fully saturated rings. The van der Waals surface area contributed by atoms with Crippen molar-refractivity contribution in [2.75, 3.05) is 18.5 Å². The van der Waals surface area contributed by atoms with E-state index in [4.69, 9.17) is 4.74 Å². The van der Waals surface area contributed by atoms with E-state index in [1.165, 1.54) is 5.69 Å². The van der Waals surface area contributed by atoms with Crippen LogP contribution < -0.4 is 5.32 Å². The molecule has 2 N–H and O–H groups in total. The molecule has 1 aliphatic rings. The van der Waals surface area contributed by atoms with Crippen molar-refractivity contribution in [3.63, 3.8) is 0 Å². The van der Waals surface area contributed by atoms with Gasteiger partial charge >= 0.3 is 0 Å². The third kappa shape index (κ3) is 2.72. The van der Waals surface area contributed by atoms with E-state index in [9.17, 15) is 0 Å². The zero-order valence-electron chi connectivity index (χ0n) is 9.42. The number of H-pyrrole nitrogens is 1. The molecule has 0 aliphatic carbocycles. The van der Waals surface area contributed by atoms with E-state index in [2.05, 4.69) is 29.1 Å². The van der Waals surface area contributed by atoms with Crippen LogP contribution in [0.15, 0.2) is 6.20 Å². The maximum Gasteiger partial charge on any atom is 0.200 e. The van der Waals surface area contributed by atoms with E-state index < -0.39 is 0 Å². The molecule has 2 heterocycles. The minimum Gasteiger partial charge on any atom is -0.381 e. The summed E-state index contributed by atoms with van der Waals surface area (Å²) < 4.78 is 5.34. The number of rotatable bonds is 3. The summed E-state index contributed by atoms with van der Waals surface area (Å²) in [5, 5.41) is 3.27. The van der Waals surface area contributed by atoms with Crippen molar-refractivity contribution in [3.8, 4) is 0 Å². The molecule has 1 aromatic heterocycles. The van der Waals surface area contributed by atoms with Gasteiger partial charge < -0.3 is 15.0 Å². The second-order valence-corrected chi connectivity index (χ2v) is 4.37. The molecule has 0 spiro atoms. The molecule has 2 rings (SSSR count). The maximum absolute atomic E-state index is 5.34. The Balaban J connectivity index is 1.99. The minimum absolute atomic E-state index is 0.415. The van der Waals surface area contributed by atoms with Crippen molar-refractivity contribution in [1.29, 1.82) is 0 Å². The van der Waals surface area contributed by atoms with E-state index in [-0.39, 0.29) is 0 Å². The smallest absolute Gasteiger partial charge is 0.200 e. The van der Waals surface area contributed by atoms with Crippen LogP contribution in [-0.4, -0.2) is 29.2 Å². The Morgan fingerprint density at radius 3 is 2.87 bits per heavy atom. The van der Waals surface area contributed by atoms with Gasteiger partial charge in [0.05, 0.1) is 6.20 Å². The van der Waals surface area contributed by atoms with Gasteiger partial charge in [-0.15, -0.1) is 0 Å². The summed E-state index contributed by atoms with van der Waals surface area (Å²) in [7, 11) is 0. The normalized spacial score (nSPS) is 18.3. The first-order valence-electron chi connectivity index (χ1n) is 5.65. The van der Waals surface area contributed by atoms with Crippen LogP contribution in [0.2, 0.25) is 0 Å². The lowest BCUT2D eigenvalue weighted by Gasteiger charge is -2.20. The average molecular weight is 209 g/mol. The zero-order chi connectivity index (χ0) is 10.7. The molecule has 0 radical (unpaired) electrons. The average Bonchev–Trinajstić information content (AvgIpc) is 2.67. The molecule has 0 saturated carbocycles. The molecular weight excluding hydrogens is 190 g/mol. The summed E-state index contributed by atoms with van der Waals surface area (Å²) >= 11 is 0. The van der Waals surface area contributed by atoms with Gasteiger partial charge in [0.15, 0.2) is 0 Å². The van der Waals surface area contributed by atoms with Crippen molar-refractivity contribution >= 4 is 5.95 Å². The van der Waals surface area contributed by atoms with Crippen LogP contribution in [0.4, 0.5) is 5.95 Å². The highest BCUT2D eigenvalue weighted by Crippen LogP contribution is 2.25. The van der Waals surface area contributed by atoms with Crippen LogP contribution in [0.1, 0.15) is 38.3 Å². The van der Waals surface area contributed by atoms with Gasteiger partial charge in [-0.25, -0.2) is 4.98 Å². The number of imidazole rings is 1. The molecule has 1 saturated heterocycles. The summed E-state index contributed by atoms with van der Waals surface area (Å²) in [6.45, 7) is 5.96. The highest BCUT2D eigenvalue weighted by molar-refractivity contribution is 5.28. The van der Waals surface area contributed by atoms with Gasteiger partial charge in [-0.3, -0.25) is 0 Å². The summed E-state index contributed by atoms with van der Waals surface area (Å²) in [5.41, 5.74) is 1.24. The Bertz CT molecular complexity index is 303. The molecule has 4 heteroatoms. The lowest BCUT2D eigenvalue weighted by Crippen LogP contribution is -2.14. The first-order chi connectivity index (χ1) is 7.25. The molecule has 15 heavy (non-hydrogen) atoms. The largest absolute Gasteiger partial charge is 0.381 e. The number of anilines is 1. The molecular formula is C11H19N3O. The van der Waals surface area contributed by atoms with E-state index in [0.717, 1.165) is 32.0 Å². The van der Waals surface area contributed by atoms with Crippen LogP contribution >= 0.6 is 0 Å². The predicted molar refractivity (Wildman–Crippen MR) is 60.1 cm³/mol. The second-order valence-electron chi connectivity index (χ2n) is 4.37. The van der Waals surface area contributed by atoms with Crippen molar-refractivity contribution in [2.45, 2.75) is 38.6 Å². The molecule has 0 aromatic carbocycles. The Morgan fingerprint density at radius 1 is 1.47 bits per heavy atom. The lowest BCUT2D eigenvalue weighted by molar-refractivity contribution is 0.0846. The molecule has 0 atom stereocenters. The van der Waals surface area contributed by atoms with Gasteiger partial charge in [0.1, 0.15) is 0 Å². The van der Waals surface area contributed by atoms with Crippen LogP contribution in [0.25, 0.3) is 0 Å². The fourth-order valence-corrected chi connectivity index (χ4v) is 1.90. The standard InChI is InChI=1S/C11H19N3O/c1-8(2)13-11-12-7-10(14-11)9-3-5-15-6-4-9/h7-9H,3-6H2,1-2H3,(H2,12,13,14). The number of nitrogens with zero attached hydrogens (tertiary/aromatic N) is 1. The number of nitrogens with one attached hydrogen (secondary N) is 2. The number of hydrogen-bond acceptors (Lipinski definition) is 3. The van der Waals surface area contributed by atoms with E-state index in [1.807, 2.05) is 6.20 Å². The summed E-state index contributed by atoms with van der Waals surface area (Å²) in [5.74, 6) is 1.47. The first kappa shape index (κ1) is 10.5. The van der Waals surface area contributed by atoms with E-state index in [0.29, 0.717) is 12.0 Å². The van der Waals surface area contributed by atoms with Crippen molar-refractivity contribution in [2.24, 2.45) is 0 Å². The quantitative estimate of drug-likeness (QED) is 0.801. The predicted octanol–water partition coefficient (Wildman–Crippen LogP) is 2.12. The molecule has 0 unspecified atom stereocenters. The van der Waals surface area contributed by atoms with Crippen LogP contribution in [0.3, 0.4) is 0 Å². The van der Waals surface area contributed by atoms with Gasteiger partial charge in [0.25, 0.3) is 0 Å². The Morgan fingerprint density at radius 2 is 2.20 bits per heavy atom. The number of aromatic amines is 1. The Kier molecular flexibility index (Phi) is 3.26. The van der Waals surface area contributed by atoms with Crippen LogP contribution in [0, 0.1) is 0 Å². The highest BCUT2D eigenvalue weighted by atomic mass is 16.5. The zero-order valence-corrected chi connectivity index (χ0v) is 9.42. The number of hydrogen-bond donors (Lipinski definition) is 2. The number of ether oxygens (including phenoxy) is 1. The topological polar surface area (TPSA) is 49.9 Å². The summed E-state index contributed by atoms with van der Waals surface area (Å²) in [6.07, 6.45) is 4.15. The maximum atomic E-state index is 5.34. The van der Waals surface area contributed by atoms with E-state index in [1.54, 1.807) is 0 Å². The summed E-state index contributed by atoms with van der Waals surface area (Å²) in [6, 6.07) is 0.415. The molecule has 0 bridgehead atoms. The number of aromatic nitrogens is 2. The SMILES string of the molecule is CC(C)Nc1ncc(C2CCOCC2)[nH]1. The fraction of sp³-hybridized carbons (Fsp3) is 0.727. The lowest BCUT2D eigenvalue weighted by atomic mass is 9.97. The Labute approximate surface area is 90.4 Å². The molecule has 84 valence electrons. The minimum atomic E-state index is 0.415. The van der Waals surface area contributed by atoms with Gasteiger partial charge in [0, 0.05) is 30.9 Å². The van der Waals surface area contributed by atoms with Crippen molar-refractivity contribution < 1.29 is 4.74 Å². The third-order valence-electron chi connectivity index (χ3n) is 2.68. The Hall–Kier alpha value is -1.03. The molecule has 1 aromatic rings. The fourth-order valence-electron chi connectivity index (χ4n) is 1.90. The second kappa shape index (κ2) is 4.66. The first-order valence-corrected chi connectivity index (χ1v) is 5.65. The van der Waals surface area contributed by atoms with Gasteiger partial charge in [0.2, 0.25) is 5.95 Å². The van der Waals surface area contributed by atoms with Crippen LogP contribution in [0.5, 0.6) is 0 Å². The highest BCUT2D eigenvalue weighted by Gasteiger charge is 2.17. The van der Waals surface area contributed by atoms with Gasteiger partial charge in [-0.1, -0.05) is 0 Å². The van der Waals surface area contributed by atoms with E-state index >= 15 is 0 Å². The van der Waals surface area contributed by atoms with Crippen LogP contribution in [-0.2, 0) is 4.74 Å². The third-order valence-corrected chi connectivity index (χ3v) is 2.68. The summed E-state index contributed by atoms with van der Waals surface area (Å²) in [4.78, 5) is 7.66. The van der Waals surface area contributed by atoms with Crippen molar-refractivity contribution in [1.82, 2.24) is 9.97 Å². The molecule has 1 aliphatic heterocycles. The van der Waals surface area contributed by atoms with Gasteiger partial charge in [-0.05, 0) is 26.7 Å². The molecule has 4 nitrogen and oxygen atoms in total. The van der Waals surface area contributed by atoms with Gasteiger partial charge in [-0.2, -0.15) is 0 Å².